The predicted molar refractivity (Wildman–Crippen MR) is 71.3 cm³/mol. The van der Waals surface area contributed by atoms with Crippen molar-refractivity contribution in [3.05, 3.63) is 0 Å². The Morgan fingerprint density at radius 1 is 1.12 bits per heavy atom. The molecule has 1 unspecified atom stereocenters. The van der Waals surface area contributed by atoms with Crippen LogP contribution < -0.4 is 4.72 Å². The maximum absolute atomic E-state index is 11.7. The predicted octanol–water partition coefficient (Wildman–Crippen LogP) is 1.75. The van der Waals surface area contributed by atoms with Gasteiger partial charge < -0.3 is 5.11 Å². The second-order valence-electron chi connectivity index (χ2n) is 6.86. The Labute approximate surface area is 106 Å². The molecule has 0 aliphatic heterocycles. The van der Waals surface area contributed by atoms with Crippen molar-refractivity contribution in [2.75, 3.05) is 12.3 Å². The first-order chi connectivity index (χ1) is 7.33. The second kappa shape index (κ2) is 5.67. The molecular weight excluding hydrogens is 238 g/mol. The van der Waals surface area contributed by atoms with E-state index in [4.69, 9.17) is 0 Å². The lowest BCUT2D eigenvalue weighted by molar-refractivity contribution is 0.0677. The lowest BCUT2D eigenvalue weighted by Gasteiger charge is -2.26. The fourth-order valence-corrected chi connectivity index (χ4v) is 2.46. The third kappa shape index (κ3) is 8.57. The number of aliphatic hydroxyl groups is 1. The third-order valence-corrected chi connectivity index (χ3v) is 3.97. The van der Waals surface area contributed by atoms with Gasteiger partial charge in [0.05, 0.1) is 11.9 Å². The van der Waals surface area contributed by atoms with Crippen LogP contribution in [-0.2, 0) is 10.0 Å². The van der Waals surface area contributed by atoms with Crippen LogP contribution in [0.1, 0.15) is 48.0 Å². The second-order valence-corrected chi connectivity index (χ2v) is 8.79. The summed E-state index contributed by atoms with van der Waals surface area (Å²) in [5.41, 5.74) is -0.316. The van der Waals surface area contributed by atoms with Crippen molar-refractivity contribution in [3.8, 4) is 0 Å². The Bertz CT molecular complexity index is 323. The van der Waals surface area contributed by atoms with Crippen molar-refractivity contribution in [1.82, 2.24) is 4.72 Å². The van der Waals surface area contributed by atoms with Crippen LogP contribution in [0.3, 0.4) is 0 Å². The highest BCUT2D eigenvalue weighted by molar-refractivity contribution is 7.89. The summed E-state index contributed by atoms with van der Waals surface area (Å²) >= 11 is 0. The zero-order valence-corrected chi connectivity index (χ0v) is 12.7. The van der Waals surface area contributed by atoms with Crippen molar-refractivity contribution >= 4 is 10.0 Å². The van der Waals surface area contributed by atoms with Gasteiger partial charge in [0, 0.05) is 6.54 Å². The highest BCUT2D eigenvalue weighted by atomic mass is 32.2. The standard InChI is InChI=1S/C12H27NO3S/c1-11(2,3)7-8-17(15,16)13-9-10(14)12(4,5)6/h10,13-14H,7-9H2,1-6H3. The van der Waals surface area contributed by atoms with Gasteiger partial charge in [0.1, 0.15) is 0 Å². The topological polar surface area (TPSA) is 66.4 Å². The Kier molecular flexibility index (Phi) is 5.63. The summed E-state index contributed by atoms with van der Waals surface area (Å²) in [5, 5.41) is 9.75. The van der Waals surface area contributed by atoms with Crippen LogP contribution in [0.2, 0.25) is 0 Å². The minimum Gasteiger partial charge on any atom is -0.391 e. The van der Waals surface area contributed by atoms with Gasteiger partial charge in [-0.25, -0.2) is 13.1 Å². The number of aliphatic hydroxyl groups excluding tert-OH is 1. The molecule has 0 aromatic heterocycles. The molecule has 0 saturated carbocycles. The van der Waals surface area contributed by atoms with Gasteiger partial charge in [-0.3, -0.25) is 0 Å². The van der Waals surface area contributed by atoms with E-state index < -0.39 is 16.1 Å². The summed E-state index contributed by atoms with van der Waals surface area (Å²) in [6.45, 7) is 11.7. The minimum atomic E-state index is -3.28. The van der Waals surface area contributed by atoms with E-state index in [2.05, 4.69) is 4.72 Å². The van der Waals surface area contributed by atoms with Gasteiger partial charge in [-0.2, -0.15) is 0 Å². The average molecular weight is 265 g/mol. The van der Waals surface area contributed by atoms with Crippen LogP contribution in [0, 0.1) is 10.8 Å². The van der Waals surface area contributed by atoms with Crippen molar-refractivity contribution in [2.45, 2.75) is 54.1 Å². The van der Waals surface area contributed by atoms with Crippen molar-refractivity contribution in [1.29, 1.82) is 0 Å². The van der Waals surface area contributed by atoms with Gasteiger partial charge in [-0.05, 0) is 17.3 Å². The first-order valence-corrected chi connectivity index (χ1v) is 7.64. The summed E-state index contributed by atoms with van der Waals surface area (Å²) in [4.78, 5) is 0. The summed E-state index contributed by atoms with van der Waals surface area (Å²) in [7, 11) is -3.28. The van der Waals surface area contributed by atoms with Gasteiger partial charge in [0.15, 0.2) is 0 Å². The lowest BCUT2D eigenvalue weighted by Crippen LogP contribution is -2.40. The summed E-state index contributed by atoms with van der Waals surface area (Å²) in [6, 6.07) is 0. The van der Waals surface area contributed by atoms with E-state index in [1.165, 1.54) is 0 Å². The van der Waals surface area contributed by atoms with Gasteiger partial charge in [0.2, 0.25) is 10.0 Å². The Hall–Kier alpha value is -0.130. The largest absolute Gasteiger partial charge is 0.391 e. The average Bonchev–Trinajstić information content (AvgIpc) is 2.09. The number of hydrogen-bond donors (Lipinski definition) is 2. The normalized spacial score (nSPS) is 15.9. The Morgan fingerprint density at radius 3 is 1.94 bits per heavy atom. The zero-order chi connectivity index (χ0) is 13.9. The molecule has 2 N–H and O–H groups in total. The quantitative estimate of drug-likeness (QED) is 0.796. The Balaban J connectivity index is 4.21. The first-order valence-electron chi connectivity index (χ1n) is 5.99. The monoisotopic (exact) mass is 265 g/mol. The molecule has 0 radical (unpaired) electrons. The molecule has 0 amide bonds. The van der Waals surface area contributed by atoms with E-state index in [1.807, 2.05) is 41.5 Å². The molecule has 104 valence electrons. The first kappa shape index (κ1) is 16.9. The molecule has 0 aliphatic carbocycles. The molecule has 0 bridgehead atoms. The molecule has 0 aromatic carbocycles. The van der Waals surface area contributed by atoms with Crippen LogP contribution in [0.4, 0.5) is 0 Å². The minimum absolute atomic E-state index is 0.00259. The van der Waals surface area contributed by atoms with Crippen molar-refractivity contribution in [2.24, 2.45) is 10.8 Å². The number of nitrogens with one attached hydrogen (secondary N) is 1. The zero-order valence-electron chi connectivity index (χ0n) is 11.9. The van der Waals surface area contributed by atoms with Crippen molar-refractivity contribution in [3.63, 3.8) is 0 Å². The lowest BCUT2D eigenvalue weighted by atomic mass is 9.89. The smallest absolute Gasteiger partial charge is 0.211 e. The van der Waals surface area contributed by atoms with Gasteiger partial charge in [0.25, 0.3) is 0 Å². The van der Waals surface area contributed by atoms with E-state index in [0.717, 1.165) is 0 Å². The van der Waals surface area contributed by atoms with Crippen LogP contribution in [0.15, 0.2) is 0 Å². The maximum Gasteiger partial charge on any atom is 0.211 e. The van der Waals surface area contributed by atoms with E-state index in [0.29, 0.717) is 6.42 Å². The molecule has 4 nitrogen and oxygen atoms in total. The highest BCUT2D eigenvalue weighted by Crippen LogP contribution is 2.20. The van der Waals surface area contributed by atoms with Crippen LogP contribution in [0.25, 0.3) is 0 Å². The molecule has 0 fully saturated rings. The van der Waals surface area contributed by atoms with E-state index >= 15 is 0 Å². The third-order valence-electron chi connectivity index (χ3n) is 2.62. The summed E-state index contributed by atoms with van der Waals surface area (Å²) in [5.74, 6) is 0.105. The van der Waals surface area contributed by atoms with Crippen LogP contribution in [0.5, 0.6) is 0 Å². The van der Waals surface area contributed by atoms with E-state index in [9.17, 15) is 13.5 Å². The molecule has 0 aliphatic rings. The summed E-state index contributed by atoms with van der Waals surface area (Å²) < 4.78 is 25.8. The number of hydrogen-bond acceptors (Lipinski definition) is 3. The Morgan fingerprint density at radius 2 is 1.59 bits per heavy atom. The molecule has 0 spiro atoms. The number of sulfonamides is 1. The van der Waals surface area contributed by atoms with Gasteiger partial charge in [-0.15, -0.1) is 0 Å². The van der Waals surface area contributed by atoms with E-state index in [-0.39, 0.29) is 23.1 Å². The van der Waals surface area contributed by atoms with Crippen LogP contribution in [-0.4, -0.2) is 31.9 Å². The highest BCUT2D eigenvalue weighted by Gasteiger charge is 2.24. The molecule has 0 saturated heterocycles. The molecule has 0 heterocycles. The fourth-order valence-electron chi connectivity index (χ4n) is 1.02. The van der Waals surface area contributed by atoms with Gasteiger partial charge in [-0.1, -0.05) is 41.5 Å². The van der Waals surface area contributed by atoms with Crippen LogP contribution >= 0.6 is 0 Å². The molecule has 17 heavy (non-hydrogen) atoms. The summed E-state index contributed by atoms with van der Waals surface area (Å²) in [6.07, 6.45) is -0.0691. The maximum atomic E-state index is 11.7. The van der Waals surface area contributed by atoms with Crippen molar-refractivity contribution < 1.29 is 13.5 Å². The molecular formula is C12H27NO3S. The van der Waals surface area contributed by atoms with Gasteiger partial charge >= 0.3 is 0 Å². The molecule has 1 atom stereocenters. The fraction of sp³-hybridized carbons (Fsp3) is 1.00. The number of rotatable bonds is 5. The SMILES string of the molecule is CC(C)(C)CCS(=O)(=O)NCC(O)C(C)(C)C. The molecule has 0 aromatic rings. The van der Waals surface area contributed by atoms with E-state index in [1.54, 1.807) is 0 Å². The molecule has 5 heteroatoms. The molecule has 0 rings (SSSR count).